The first-order chi connectivity index (χ1) is 28.9. The first kappa shape index (κ1) is 37.4. The Labute approximate surface area is 351 Å². The molecule has 0 saturated heterocycles. The topological polar surface area (TPSA) is 23.5 Å². The minimum absolute atomic E-state index is 0.165. The molecule has 0 spiro atoms. The smallest absolute Gasteiger partial charge is 0.100 e. The highest BCUT2D eigenvalue weighted by molar-refractivity contribution is 5.80. The maximum Gasteiger partial charge on any atom is 0.100 e. The summed E-state index contributed by atoms with van der Waals surface area (Å²) in [5, 5.41) is 10.8. The van der Waals surface area contributed by atoms with E-state index < -0.39 is 0 Å². The lowest BCUT2D eigenvalue weighted by Crippen LogP contribution is -2.19. The fourth-order valence-corrected chi connectivity index (χ4v) is 10.7. The van der Waals surface area contributed by atoms with E-state index in [1.54, 1.807) is 22.3 Å². The monoisotopic (exact) mass is 769 g/mol. The Bertz CT molecular complexity index is 2550. The Balaban J connectivity index is 0.901. The summed E-state index contributed by atoms with van der Waals surface area (Å²) in [7, 11) is 0. The summed E-state index contributed by atoms with van der Waals surface area (Å²) in [6, 6.07) is 28.7. The van der Waals surface area contributed by atoms with Crippen LogP contribution in [0.15, 0.2) is 209 Å². The van der Waals surface area contributed by atoms with Gasteiger partial charge in [0.1, 0.15) is 5.76 Å². The zero-order valence-corrected chi connectivity index (χ0v) is 34.6. The lowest BCUT2D eigenvalue weighted by molar-refractivity contribution is 0.389. The molecule has 0 heterocycles. The number of benzene rings is 3. The Hall–Kier alpha value is -5.86. The van der Waals surface area contributed by atoms with Crippen molar-refractivity contribution in [2.24, 2.45) is 17.3 Å². The quantitative estimate of drug-likeness (QED) is 0.247. The summed E-state index contributed by atoms with van der Waals surface area (Å²) >= 11 is 0. The normalized spacial score (nSPS) is 24.4. The molecular weight excluding hydrogens is 715 g/mol. The Morgan fingerprint density at radius 1 is 0.661 bits per heavy atom. The Morgan fingerprint density at radius 3 is 2.29 bits per heavy atom. The van der Waals surface area contributed by atoms with Crippen LogP contribution in [0.25, 0.3) is 11.1 Å². The largest absolute Gasteiger partial charge is 0.512 e. The van der Waals surface area contributed by atoms with Gasteiger partial charge in [0.2, 0.25) is 0 Å². The highest BCUT2D eigenvalue weighted by Crippen LogP contribution is 2.55. The maximum absolute atomic E-state index is 10.8. The standard InChI is InChI=1S/C57H55NO/c1-57(2)54-19-10-9-18-51(54)53-38-46(28-34-55(53)57)42-22-20-40(21-23-42)41-24-30-48(31-25-41)58(50-17-11-16-45(36-50)39-12-5-3-6-13-39)49-32-26-43(27-33-49)47-29-35-56(59)52(37-47)44-14-7-4-8-15-44/h3-9,11-12,14-18,20-22,24-26,28,30-32,34,36-37,39,42,46,59H,10,13,19,23,27,29,33,35,38H2,1-2H3. The van der Waals surface area contributed by atoms with Crippen molar-refractivity contribution in [3.05, 3.63) is 226 Å². The third-order valence-corrected chi connectivity index (χ3v) is 14.0. The van der Waals surface area contributed by atoms with Gasteiger partial charge < -0.3 is 10.0 Å². The van der Waals surface area contributed by atoms with E-state index in [4.69, 9.17) is 0 Å². The summed E-state index contributed by atoms with van der Waals surface area (Å²) in [5.74, 6) is 1.94. The van der Waals surface area contributed by atoms with Gasteiger partial charge in [0.25, 0.3) is 0 Å². The van der Waals surface area contributed by atoms with Crippen LogP contribution in [-0.2, 0) is 0 Å². The average molecular weight is 770 g/mol. The van der Waals surface area contributed by atoms with Gasteiger partial charge >= 0.3 is 0 Å². The first-order valence-electron chi connectivity index (χ1n) is 22.0. The fourth-order valence-electron chi connectivity index (χ4n) is 10.7. The number of allylic oxidation sites excluding steroid dienone is 24. The summed E-state index contributed by atoms with van der Waals surface area (Å²) < 4.78 is 0. The number of rotatable bonds is 8. The molecule has 2 nitrogen and oxygen atoms in total. The van der Waals surface area contributed by atoms with Crippen molar-refractivity contribution in [3.63, 3.8) is 0 Å². The van der Waals surface area contributed by atoms with E-state index in [0.29, 0.717) is 29.9 Å². The number of nitrogens with zero attached hydrogens (tertiary/aromatic N) is 1. The van der Waals surface area contributed by atoms with Crippen LogP contribution in [-0.4, -0.2) is 5.11 Å². The Kier molecular flexibility index (Phi) is 9.97. The van der Waals surface area contributed by atoms with E-state index in [2.05, 4.69) is 164 Å². The van der Waals surface area contributed by atoms with Crippen LogP contribution < -0.4 is 4.90 Å². The second-order valence-electron chi connectivity index (χ2n) is 17.9. The Morgan fingerprint density at radius 2 is 1.51 bits per heavy atom. The number of hydrogen-bond acceptors (Lipinski definition) is 2. The minimum Gasteiger partial charge on any atom is -0.512 e. The number of anilines is 2. The van der Waals surface area contributed by atoms with Crippen LogP contribution in [0.2, 0.25) is 0 Å². The zero-order chi connectivity index (χ0) is 39.9. The van der Waals surface area contributed by atoms with Gasteiger partial charge in [-0.1, -0.05) is 147 Å². The van der Waals surface area contributed by atoms with Gasteiger partial charge in [0.05, 0.1) is 0 Å². The highest BCUT2D eigenvalue weighted by atomic mass is 16.3. The first-order valence-corrected chi connectivity index (χ1v) is 22.0. The highest BCUT2D eigenvalue weighted by Gasteiger charge is 2.40. The molecule has 3 aromatic carbocycles. The lowest BCUT2D eigenvalue weighted by Gasteiger charge is -2.31. The molecule has 0 amide bonds. The molecule has 0 bridgehead atoms. The second kappa shape index (κ2) is 15.7. The van der Waals surface area contributed by atoms with Crippen LogP contribution in [0.5, 0.6) is 0 Å². The molecule has 7 aliphatic carbocycles. The van der Waals surface area contributed by atoms with Crippen LogP contribution in [0.4, 0.5) is 11.4 Å². The number of aliphatic hydroxyl groups is 1. The fraction of sp³-hybridized carbons (Fsp3) is 0.263. The van der Waals surface area contributed by atoms with Crippen LogP contribution >= 0.6 is 0 Å². The van der Waals surface area contributed by atoms with Crippen molar-refractivity contribution < 1.29 is 5.11 Å². The zero-order valence-electron chi connectivity index (χ0n) is 34.6. The summed E-state index contributed by atoms with van der Waals surface area (Å²) in [6.07, 6.45) is 42.0. The van der Waals surface area contributed by atoms with E-state index in [1.165, 1.54) is 57.8 Å². The number of aliphatic hydroxyl groups excluding tert-OH is 1. The van der Waals surface area contributed by atoms with Crippen molar-refractivity contribution in [1.29, 1.82) is 0 Å². The number of hydrogen-bond donors (Lipinski definition) is 1. The van der Waals surface area contributed by atoms with E-state index in [-0.39, 0.29) is 5.41 Å². The average Bonchev–Trinajstić information content (AvgIpc) is 3.53. The molecule has 2 heteroatoms. The summed E-state index contributed by atoms with van der Waals surface area (Å²) in [4.78, 5) is 2.48. The van der Waals surface area contributed by atoms with Crippen molar-refractivity contribution in [1.82, 2.24) is 0 Å². The van der Waals surface area contributed by atoms with E-state index >= 15 is 0 Å². The number of fused-ring (bicyclic) bond motifs is 1. The molecule has 3 unspecified atom stereocenters. The lowest BCUT2D eigenvalue weighted by atomic mass is 9.73. The van der Waals surface area contributed by atoms with Crippen molar-refractivity contribution in [3.8, 4) is 0 Å². The van der Waals surface area contributed by atoms with E-state index in [1.807, 2.05) is 18.2 Å². The molecule has 294 valence electrons. The van der Waals surface area contributed by atoms with Gasteiger partial charge in [-0.15, -0.1) is 0 Å². The molecule has 0 fully saturated rings. The predicted octanol–water partition coefficient (Wildman–Crippen LogP) is 15.2. The molecule has 0 aromatic heterocycles. The minimum atomic E-state index is 0.165. The van der Waals surface area contributed by atoms with Crippen molar-refractivity contribution in [2.45, 2.75) is 77.6 Å². The van der Waals surface area contributed by atoms with Crippen molar-refractivity contribution >= 4 is 22.5 Å². The molecular formula is C57H55NO. The summed E-state index contributed by atoms with van der Waals surface area (Å²) in [5.41, 5.74) is 18.9. The van der Waals surface area contributed by atoms with Gasteiger partial charge in [-0.05, 0) is 150 Å². The van der Waals surface area contributed by atoms with Gasteiger partial charge in [0.15, 0.2) is 0 Å². The van der Waals surface area contributed by atoms with Crippen molar-refractivity contribution in [2.75, 3.05) is 4.90 Å². The molecule has 10 rings (SSSR count). The molecule has 0 aliphatic heterocycles. The SMILES string of the molecule is CC1(C)C2=C(CC(C3C=CC(c4ccc(N(C5=CC=C(C6=CC(c7ccccc7)=C(O)CC6)CC5)c5cccc(C6C=CC=CC6)c5)cc4)=CC3)C=C2)C2=C1CCC=C2. The third kappa shape index (κ3) is 7.18. The molecule has 7 aliphatic rings. The van der Waals surface area contributed by atoms with Crippen LogP contribution in [0.3, 0.4) is 0 Å². The second-order valence-corrected chi connectivity index (χ2v) is 17.9. The molecule has 3 aromatic rings. The van der Waals surface area contributed by atoms with Gasteiger partial charge in [-0.2, -0.15) is 0 Å². The maximum atomic E-state index is 10.8. The van der Waals surface area contributed by atoms with E-state index in [0.717, 1.165) is 49.7 Å². The summed E-state index contributed by atoms with van der Waals surface area (Å²) in [6.45, 7) is 4.86. The third-order valence-electron chi connectivity index (χ3n) is 14.0. The molecule has 1 N–H and O–H groups in total. The van der Waals surface area contributed by atoms with Gasteiger partial charge in [-0.3, -0.25) is 0 Å². The molecule has 59 heavy (non-hydrogen) atoms. The molecule has 0 radical (unpaired) electrons. The van der Waals surface area contributed by atoms with Gasteiger partial charge in [0, 0.05) is 40.4 Å². The predicted molar refractivity (Wildman–Crippen MR) is 248 cm³/mol. The van der Waals surface area contributed by atoms with Crippen LogP contribution in [0, 0.1) is 17.3 Å². The van der Waals surface area contributed by atoms with Gasteiger partial charge in [-0.25, -0.2) is 0 Å². The van der Waals surface area contributed by atoms with E-state index in [9.17, 15) is 5.11 Å². The van der Waals surface area contributed by atoms with Crippen LogP contribution in [0.1, 0.15) is 94.2 Å². The molecule has 3 atom stereocenters. The molecule has 0 saturated carbocycles.